The van der Waals surface area contributed by atoms with E-state index in [9.17, 15) is 37.5 Å². The van der Waals surface area contributed by atoms with Crippen LogP contribution in [0.5, 0.6) is 11.5 Å². The second kappa shape index (κ2) is 9.41. The molecule has 0 amide bonds. The van der Waals surface area contributed by atoms with Gasteiger partial charge in [-0.25, -0.2) is 9.18 Å². The number of esters is 1. The van der Waals surface area contributed by atoms with E-state index >= 15 is 0 Å². The van der Waals surface area contributed by atoms with E-state index in [0.29, 0.717) is 5.75 Å². The molecule has 1 fully saturated rings. The maximum Gasteiger partial charge on any atom is 0.422 e. The zero-order valence-corrected chi connectivity index (χ0v) is 18.7. The van der Waals surface area contributed by atoms with E-state index in [1.807, 2.05) is 6.07 Å². The Balaban J connectivity index is 1.93. The maximum atomic E-state index is 14.4. The van der Waals surface area contributed by atoms with Crippen molar-refractivity contribution in [1.82, 2.24) is 0 Å². The van der Waals surface area contributed by atoms with Gasteiger partial charge in [-0.2, -0.15) is 18.4 Å². The van der Waals surface area contributed by atoms with Gasteiger partial charge in [-0.05, 0) is 35.2 Å². The number of carboxylic acid groups (broad SMARTS) is 1. The molecule has 0 saturated heterocycles. The van der Waals surface area contributed by atoms with Crippen molar-refractivity contribution < 1.29 is 41.7 Å². The summed E-state index contributed by atoms with van der Waals surface area (Å²) < 4.78 is 60.9. The molecule has 3 atom stereocenters. The van der Waals surface area contributed by atoms with E-state index in [0.717, 1.165) is 18.2 Å². The smallest absolute Gasteiger partial charge is 0.422 e. The third kappa shape index (κ3) is 4.99. The summed E-state index contributed by atoms with van der Waals surface area (Å²) in [5.41, 5.74) is -2.65. The second-order valence-electron chi connectivity index (χ2n) is 8.62. The monoisotopic (exact) mass is 491 g/mol. The van der Waals surface area contributed by atoms with Crippen LogP contribution >= 0.6 is 0 Å². The fourth-order valence-electron chi connectivity index (χ4n) is 4.52. The summed E-state index contributed by atoms with van der Waals surface area (Å²) in [6.07, 6.45) is -2.84. The highest BCUT2D eigenvalue weighted by molar-refractivity contribution is 5.86. The van der Waals surface area contributed by atoms with Crippen LogP contribution in [-0.4, -0.2) is 29.8 Å². The zero-order valence-electron chi connectivity index (χ0n) is 18.7. The Kier molecular flexibility index (Phi) is 6.92. The third-order valence-electron chi connectivity index (χ3n) is 6.25. The van der Waals surface area contributed by atoms with Crippen molar-refractivity contribution in [2.45, 2.75) is 25.9 Å². The number of alkyl halides is 3. The summed E-state index contributed by atoms with van der Waals surface area (Å²) in [7, 11) is 0. The van der Waals surface area contributed by atoms with Crippen LogP contribution in [0.1, 0.15) is 25.3 Å². The van der Waals surface area contributed by atoms with Crippen LogP contribution in [0, 0.1) is 33.9 Å². The van der Waals surface area contributed by atoms with Crippen LogP contribution < -0.4 is 4.74 Å². The molecule has 35 heavy (non-hydrogen) atoms. The van der Waals surface area contributed by atoms with E-state index in [4.69, 9.17) is 4.74 Å². The minimum absolute atomic E-state index is 0.172. The number of nitrogens with zero attached hydrogens (tertiary/aromatic N) is 1. The average molecular weight is 491 g/mol. The number of hydrogen-bond donors (Lipinski definition) is 1. The van der Waals surface area contributed by atoms with Crippen LogP contribution in [0.2, 0.25) is 0 Å². The summed E-state index contributed by atoms with van der Waals surface area (Å²) in [4.78, 5) is 24.2. The highest BCUT2D eigenvalue weighted by atomic mass is 19.4. The fraction of sp³-hybridized carbons (Fsp3) is 0.320. The topological polar surface area (TPSA) is 96.6 Å². The van der Waals surface area contributed by atoms with Crippen molar-refractivity contribution >= 4 is 11.9 Å². The molecule has 1 unspecified atom stereocenters. The lowest BCUT2D eigenvalue weighted by molar-refractivity contribution is -0.182. The van der Waals surface area contributed by atoms with Crippen LogP contribution in [0.25, 0.3) is 0 Å². The van der Waals surface area contributed by atoms with Gasteiger partial charge >= 0.3 is 18.1 Å². The van der Waals surface area contributed by atoms with Crippen LogP contribution in [0.3, 0.4) is 0 Å². The molecule has 6 nitrogen and oxygen atoms in total. The number of aliphatic carboxylic acids is 1. The number of allylic oxidation sites excluding steroid dienone is 1. The first-order chi connectivity index (χ1) is 16.3. The lowest BCUT2D eigenvalue weighted by Gasteiger charge is -2.22. The van der Waals surface area contributed by atoms with Gasteiger partial charge in [-0.15, -0.1) is 0 Å². The van der Waals surface area contributed by atoms with Crippen molar-refractivity contribution in [3.8, 4) is 17.6 Å². The number of hydrogen-bond acceptors (Lipinski definition) is 5. The normalized spacial score (nSPS) is 21.7. The van der Waals surface area contributed by atoms with Gasteiger partial charge in [-0.3, -0.25) is 4.79 Å². The molecule has 1 saturated carbocycles. The molecule has 1 N–H and O–H groups in total. The molecular weight excluding hydrogens is 470 g/mol. The Hall–Kier alpha value is -3.87. The van der Waals surface area contributed by atoms with Crippen LogP contribution in [-0.2, 0) is 14.3 Å². The summed E-state index contributed by atoms with van der Waals surface area (Å²) >= 11 is 0. The van der Waals surface area contributed by atoms with Gasteiger partial charge in [0.1, 0.15) is 11.2 Å². The van der Waals surface area contributed by atoms with Gasteiger partial charge in [0, 0.05) is 12.0 Å². The minimum atomic E-state index is -4.71. The molecule has 0 radical (unpaired) electrons. The number of rotatable bonds is 8. The highest BCUT2D eigenvalue weighted by Crippen LogP contribution is 2.75. The van der Waals surface area contributed by atoms with E-state index in [2.05, 4.69) is 4.74 Å². The standard InChI is InChI=1S/C25H21F4NO5/c1-23(2)20(10-11-21(31)34-14-24(27,28)29)25(23,22(32)33)17(13-30)15-8-9-18(26)19(12-15)35-16-6-4-3-5-7-16/h3-12,17,20H,14H2,1-2H3,(H,32,33)/t17?,20-,25+/m0/s1. The van der Waals surface area contributed by atoms with Gasteiger partial charge in [0.25, 0.3) is 0 Å². The van der Waals surface area contributed by atoms with Gasteiger partial charge in [0.05, 0.1) is 12.0 Å². The van der Waals surface area contributed by atoms with E-state index in [-0.39, 0.29) is 11.3 Å². The van der Waals surface area contributed by atoms with Gasteiger partial charge in [-0.1, -0.05) is 44.2 Å². The van der Waals surface area contributed by atoms with Crippen LogP contribution in [0.15, 0.2) is 60.7 Å². The minimum Gasteiger partial charge on any atom is -0.481 e. The lowest BCUT2D eigenvalue weighted by Crippen LogP contribution is -2.29. The highest BCUT2D eigenvalue weighted by Gasteiger charge is 2.78. The second-order valence-corrected chi connectivity index (χ2v) is 8.62. The Labute approximate surface area is 198 Å². The number of nitriles is 1. The Morgan fingerprint density at radius 1 is 1.20 bits per heavy atom. The first-order valence-corrected chi connectivity index (χ1v) is 10.4. The molecule has 2 aromatic carbocycles. The zero-order chi connectivity index (χ0) is 26.0. The molecule has 0 aromatic heterocycles. The van der Waals surface area contributed by atoms with Gasteiger partial charge in [0.2, 0.25) is 0 Å². The van der Waals surface area contributed by atoms with Crippen molar-refractivity contribution in [3.05, 3.63) is 72.1 Å². The van der Waals surface area contributed by atoms with Crippen molar-refractivity contribution in [1.29, 1.82) is 5.26 Å². The van der Waals surface area contributed by atoms with Crippen molar-refractivity contribution in [2.24, 2.45) is 16.7 Å². The molecule has 1 aliphatic carbocycles. The molecule has 10 heteroatoms. The first-order valence-electron chi connectivity index (χ1n) is 10.4. The molecule has 0 spiro atoms. The van der Waals surface area contributed by atoms with E-state index in [1.165, 1.54) is 12.1 Å². The predicted molar refractivity (Wildman–Crippen MR) is 115 cm³/mol. The Morgan fingerprint density at radius 2 is 1.86 bits per heavy atom. The lowest BCUT2D eigenvalue weighted by atomic mass is 9.78. The SMILES string of the molecule is CC1(C)[C@H](C=CC(=O)OCC(F)(F)F)[C@@]1(C(=O)O)C(C#N)c1ccc(F)c(Oc2ccccc2)c1. The average Bonchev–Trinajstić information content (AvgIpc) is 3.29. The molecule has 0 bridgehead atoms. The summed E-state index contributed by atoms with van der Waals surface area (Å²) in [5, 5.41) is 20.1. The van der Waals surface area contributed by atoms with E-state index < -0.39 is 53.2 Å². The van der Waals surface area contributed by atoms with E-state index in [1.54, 1.807) is 44.2 Å². The third-order valence-corrected chi connectivity index (χ3v) is 6.25. The number of halogens is 4. The number of carbonyl (C=O) groups is 2. The molecule has 2 aromatic rings. The number of ether oxygens (including phenoxy) is 2. The molecular formula is C25H21F4NO5. The molecule has 0 aliphatic heterocycles. The molecule has 0 heterocycles. The summed E-state index contributed by atoms with van der Waals surface area (Å²) in [6, 6.07) is 13.8. The summed E-state index contributed by atoms with van der Waals surface area (Å²) in [6.45, 7) is 1.34. The molecule has 3 rings (SSSR count). The summed E-state index contributed by atoms with van der Waals surface area (Å²) in [5.74, 6) is -5.45. The quantitative estimate of drug-likeness (QED) is 0.293. The molecule has 1 aliphatic rings. The number of carboxylic acids is 1. The number of carbonyl (C=O) groups excluding carboxylic acids is 1. The maximum absolute atomic E-state index is 14.4. The van der Waals surface area contributed by atoms with Gasteiger partial charge < -0.3 is 14.6 Å². The number of benzene rings is 2. The largest absolute Gasteiger partial charge is 0.481 e. The van der Waals surface area contributed by atoms with Crippen LogP contribution in [0.4, 0.5) is 17.6 Å². The van der Waals surface area contributed by atoms with Crippen molar-refractivity contribution in [3.63, 3.8) is 0 Å². The van der Waals surface area contributed by atoms with Crippen molar-refractivity contribution in [2.75, 3.05) is 6.61 Å². The Bertz CT molecular complexity index is 1190. The van der Waals surface area contributed by atoms with Gasteiger partial charge in [0.15, 0.2) is 18.2 Å². The first kappa shape index (κ1) is 25.7. The predicted octanol–water partition coefficient (Wildman–Crippen LogP) is 5.61. The number of para-hydroxylation sites is 1. The molecule has 184 valence electrons. The fourth-order valence-corrected chi connectivity index (χ4v) is 4.52. The Morgan fingerprint density at radius 3 is 2.43 bits per heavy atom.